The van der Waals surface area contributed by atoms with Crippen LogP contribution in [0.4, 0.5) is 0 Å². The zero-order chi connectivity index (χ0) is 18.6. The maximum Gasteiger partial charge on any atom is 0.171 e. The predicted octanol–water partition coefficient (Wildman–Crippen LogP) is 6.27. The standard InChI is InChI=1S/C24H38O2/c1-6-17-9-11-20-19-10-8-18-16-24(25-5,26-7-2)15-14-23(18,4)21(19)12-13-22(17,20)3/h6,8,19-21H,7,9-16H2,1-5H3/b17-6-/t19?,20?,21?,22-,23+,24?/m1/s1. The van der Waals surface area contributed by atoms with Gasteiger partial charge in [-0.05, 0) is 81.0 Å². The molecule has 0 saturated heterocycles. The Morgan fingerprint density at radius 3 is 2.58 bits per heavy atom. The van der Waals surface area contributed by atoms with E-state index in [2.05, 4.69) is 39.8 Å². The molecule has 4 aliphatic rings. The van der Waals surface area contributed by atoms with Gasteiger partial charge in [-0.2, -0.15) is 0 Å². The predicted molar refractivity (Wildman–Crippen MR) is 107 cm³/mol. The zero-order valence-electron chi connectivity index (χ0n) is 17.6. The summed E-state index contributed by atoms with van der Waals surface area (Å²) in [6.07, 6.45) is 15.1. The van der Waals surface area contributed by atoms with Gasteiger partial charge in [0.2, 0.25) is 0 Å². The first-order valence-electron chi connectivity index (χ1n) is 11.0. The van der Waals surface area contributed by atoms with Crippen LogP contribution in [0.15, 0.2) is 23.3 Å². The molecule has 0 N–H and O–H groups in total. The highest BCUT2D eigenvalue weighted by atomic mass is 16.7. The summed E-state index contributed by atoms with van der Waals surface area (Å²) >= 11 is 0. The highest BCUT2D eigenvalue weighted by molar-refractivity contribution is 5.29. The highest BCUT2D eigenvalue weighted by Crippen LogP contribution is 2.66. The van der Waals surface area contributed by atoms with Crippen LogP contribution in [0.3, 0.4) is 0 Å². The van der Waals surface area contributed by atoms with E-state index in [0.29, 0.717) is 10.8 Å². The van der Waals surface area contributed by atoms with Crippen molar-refractivity contribution in [1.82, 2.24) is 0 Å². The second kappa shape index (κ2) is 6.48. The second-order valence-electron chi connectivity index (χ2n) is 9.79. The number of methoxy groups -OCH3 is 1. The van der Waals surface area contributed by atoms with Gasteiger partial charge in [0.1, 0.15) is 0 Å². The van der Waals surface area contributed by atoms with Gasteiger partial charge >= 0.3 is 0 Å². The van der Waals surface area contributed by atoms with Gasteiger partial charge in [-0.15, -0.1) is 0 Å². The van der Waals surface area contributed by atoms with Crippen molar-refractivity contribution in [2.75, 3.05) is 13.7 Å². The van der Waals surface area contributed by atoms with Crippen molar-refractivity contribution in [3.63, 3.8) is 0 Å². The van der Waals surface area contributed by atoms with Crippen LogP contribution in [0.5, 0.6) is 0 Å². The lowest BCUT2D eigenvalue weighted by molar-refractivity contribution is -0.239. The number of hydrogen-bond acceptors (Lipinski definition) is 2. The van der Waals surface area contributed by atoms with E-state index in [-0.39, 0.29) is 5.79 Å². The fourth-order valence-electron chi connectivity index (χ4n) is 7.55. The summed E-state index contributed by atoms with van der Waals surface area (Å²) in [6, 6.07) is 0. The molecule has 2 heteroatoms. The third-order valence-corrected chi connectivity index (χ3v) is 9.09. The van der Waals surface area contributed by atoms with Crippen LogP contribution in [-0.4, -0.2) is 19.5 Å². The Labute approximate surface area is 160 Å². The third kappa shape index (κ3) is 2.51. The summed E-state index contributed by atoms with van der Waals surface area (Å²) in [7, 11) is 1.83. The topological polar surface area (TPSA) is 18.5 Å². The van der Waals surface area contributed by atoms with Crippen molar-refractivity contribution in [3.8, 4) is 0 Å². The monoisotopic (exact) mass is 358 g/mol. The molecular weight excluding hydrogens is 320 g/mol. The minimum absolute atomic E-state index is 0.363. The molecule has 4 rings (SSSR count). The number of hydrogen-bond donors (Lipinski definition) is 0. The molecule has 0 heterocycles. The lowest BCUT2D eigenvalue weighted by Gasteiger charge is -2.58. The maximum absolute atomic E-state index is 6.09. The van der Waals surface area contributed by atoms with E-state index in [1.165, 1.54) is 38.5 Å². The highest BCUT2D eigenvalue weighted by Gasteiger charge is 2.58. The maximum atomic E-state index is 6.09. The first kappa shape index (κ1) is 18.7. The van der Waals surface area contributed by atoms with Crippen molar-refractivity contribution >= 4 is 0 Å². The van der Waals surface area contributed by atoms with Gasteiger partial charge < -0.3 is 9.47 Å². The van der Waals surface area contributed by atoms with Crippen LogP contribution in [0.1, 0.15) is 79.1 Å². The molecule has 0 spiro atoms. The Bertz CT molecular complexity index is 620. The molecule has 3 fully saturated rings. The molecule has 2 nitrogen and oxygen atoms in total. The van der Waals surface area contributed by atoms with E-state index in [0.717, 1.165) is 37.2 Å². The van der Waals surface area contributed by atoms with Gasteiger partial charge in [0.05, 0.1) is 0 Å². The van der Waals surface area contributed by atoms with Crippen LogP contribution in [0.25, 0.3) is 0 Å². The van der Waals surface area contributed by atoms with E-state index in [9.17, 15) is 0 Å². The molecule has 0 bridgehead atoms. The molecule has 0 aromatic rings. The number of rotatable bonds is 3. The molecule has 0 amide bonds. The minimum atomic E-state index is -0.373. The Kier molecular flexibility index (Phi) is 4.67. The van der Waals surface area contributed by atoms with E-state index in [4.69, 9.17) is 9.47 Å². The SMILES string of the molecule is C/C=C1/CCC2C3CC=C4CC(OC)(OCC)CC[C@]4(C)C3CC[C@]12C. The smallest absolute Gasteiger partial charge is 0.171 e. The normalized spacial score (nSPS) is 49.3. The van der Waals surface area contributed by atoms with Crippen LogP contribution in [-0.2, 0) is 9.47 Å². The van der Waals surface area contributed by atoms with Crippen molar-refractivity contribution in [2.45, 2.75) is 84.8 Å². The summed E-state index contributed by atoms with van der Waals surface area (Å²) in [4.78, 5) is 0. The Morgan fingerprint density at radius 2 is 1.88 bits per heavy atom. The third-order valence-electron chi connectivity index (χ3n) is 9.09. The molecule has 3 saturated carbocycles. The Hall–Kier alpha value is -0.600. The van der Waals surface area contributed by atoms with Gasteiger partial charge in [-0.25, -0.2) is 0 Å². The molecule has 6 atom stereocenters. The van der Waals surface area contributed by atoms with Gasteiger partial charge in [0.25, 0.3) is 0 Å². The number of allylic oxidation sites excluding steroid dienone is 3. The molecule has 4 aliphatic carbocycles. The quantitative estimate of drug-likeness (QED) is 0.437. The summed E-state index contributed by atoms with van der Waals surface area (Å²) in [6.45, 7) is 10.2. The summed E-state index contributed by atoms with van der Waals surface area (Å²) in [5.41, 5.74) is 4.23. The van der Waals surface area contributed by atoms with E-state index < -0.39 is 0 Å². The first-order chi connectivity index (χ1) is 12.4. The lowest BCUT2D eigenvalue weighted by Crippen LogP contribution is -2.52. The fourth-order valence-corrected chi connectivity index (χ4v) is 7.55. The molecule has 4 unspecified atom stereocenters. The summed E-state index contributed by atoms with van der Waals surface area (Å²) in [5, 5.41) is 0. The van der Waals surface area contributed by atoms with Crippen molar-refractivity contribution in [1.29, 1.82) is 0 Å². The Morgan fingerprint density at radius 1 is 1.12 bits per heavy atom. The van der Waals surface area contributed by atoms with E-state index in [1.54, 1.807) is 11.1 Å². The Balaban J connectivity index is 1.63. The molecule has 0 aliphatic heterocycles. The van der Waals surface area contributed by atoms with Crippen LogP contribution in [0.2, 0.25) is 0 Å². The molecular formula is C24H38O2. The summed E-state index contributed by atoms with van der Waals surface area (Å²) < 4.78 is 12.0. The van der Waals surface area contributed by atoms with Crippen molar-refractivity contribution in [3.05, 3.63) is 23.3 Å². The second-order valence-corrected chi connectivity index (χ2v) is 9.79. The average molecular weight is 359 g/mol. The van der Waals surface area contributed by atoms with Gasteiger partial charge in [0.15, 0.2) is 5.79 Å². The van der Waals surface area contributed by atoms with Gasteiger partial charge in [0, 0.05) is 26.6 Å². The number of ether oxygens (including phenoxy) is 2. The molecule has 0 aromatic carbocycles. The average Bonchev–Trinajstić information content (AvgIpc) is 2.98. The van der Waals surface area contributed by atoms with Crippen LogP contribution in [0, 0.1) is 28.6 Å². The van der Waals surface area contributed by atoms with Crippen LogP contribution < -0.4 is 0 Å². The molecule has 146 valence electrons. The molecule has 26 heavy (non-hydrogen) atoms. The van der Waals surface area contributed by atoms with Crippen molar-refractivity contribution < 1.29 is 9.47 Å². The first-order valence-corrected chi connectivity index (χ1v) is 11.0. The van der Waals surface area contributed by atoms with E-state index >= 15 is 0 Å². The minimum Gasteiger partial charge on any atom is -0.353 e. The fraction of sp³-hybridized carbons (Fsp3) is 0.833. The van der Waals surface area contributed by atoms with E-state index in [1.807, 2.05) is 7.11 Å². The number of fused-ring (bicyclic) bond motifs is 5. The zero-order valence-corrected chi connectivity index (χ0v) is 17.6. The van der Waals surface area contributed by atoms with Gasteiger partial charge in [-0.3, -0.25) is 0 Å². The largest absolute Gasteiger partial charge is 0.353 e. The molecule has 0 aromatic heterocycles. The molecule has 0 radical (unpaired) electrons. The summed E-state index contributed by atoms with van der Waals surface area (Å²) in [5.74, 6) is 2.25. The van der Waals surface area contributed by atoms with Crippen LogP contribution >= 0.6 is 0 Å². The van der Waals surface area contributed by atoms with Crippen molar-refractivity contribution in [2.24, 2.45) is 28.6 Å². The lowest BCUT2D eigenvalue weighted by atomic mass is 9.47. The van der Waals surface area contributed by atoms with Gasteiger partial charge in [-0.1, -0.05) is 37.1 Å².